The number of hydrogen-bond donors (Lipinski definition) is 1. The molecule has 4 aliphatic carbocycles. The first kappa shape index (κ1) is 24.1. The third-order valence-corrected chi connectivity index (χ3v) is 12.2. The van der Waals surface area contributed by atoms with Gasteiger partial charge in [-0.25, -0.2) is 4.58 Å². The van der Waals surface area contributed by atoms with E-state index < -0.39 is 0 Å². The third-order valence-electron chi connectivity index (χ3n) is 12.2. The van der Waals surface area contributed by atoms with E-state index in [0.29, 0.717) is 16.7 Å². The summed E-state index contributed by atoms with van der Waals surface area (Å²) in [6, 6.07) is 0. The molecule has 0 aromatic rings. The van der Waals surface area contributed by atoms with Crippen molar-refractivity contribution in [3.8, 4) is 0 Å². The molecule has 0 radical (unpaired) electrons. The fraction of sp³-hybridized carbons (Fsp3) is 0.967. The summed E-state index contributed by atoms with van der Waals surface area (Å²) in [7, 11) is 1.87. The molecule has 0 aromatic carbocycles. The van der Waals surface area contributed by atoms with Crippen LogP contribution < -0.4 is 0 Å². The van der Waals surface area contributed by atoms with Crippen molar-refractivity contribution in [1.82, 2.24) is 0 Å². The normalized spacial score (nSPS) is 48.1. The van der Waals surface area contributed by atoms with Gasteiger partial charge < -0.3 is 9.84 Å². The van der Waals surface area contributed by atoms with E-state index in [2.05, 4.69) is 32.3 Å². The molecule has 33 heavy (non-hydrogen) atoms. The van der Waals surface area contributed by atoms with Crippen molar-refractivity contribution in [3.63, 3.8) is 0 Å². The highest BCUT2D eigenvalue weighted by Crippen LogP contribution is 2.68. The molecule has 0 unspecified atom stereocenters. The Hall–Kier alpha value is -0.570. The quantitative estimate of drug-likeness (QED) is 0.384. The predicted octanol–water partition coefficient (Wildman–Crippen LogP) is 6.52. The maximum atomic E-state index is 11.5. The van der Waals surface area contributed by atoms with Crippen LogP contribution in [0.15, 0.2) is 0 Å². The van der Waals surface area contributed by atoms with Crippen LogP contribution in [-0.4, -0.2) is 41.9 Å². The molecular formula is C30H52NO2+. The lowest BCUT2D eigenvalue weighted by Gasteiger charge is -2.62. The molecule has 0 aromatic heterocycles. The van der Waals surface area contributed by atoms with Gasteiger partial charge in [0.05, 0.1) is 19.6 Å². The summed E-state index contributed by atoms with van der Waals surface area (Å²) < 4.78 is 8.33. The van der Waals surface area contributed by atoms with E-state index in [0.717, 1.165) is 48.3 Å². The highest BCUT2D eigenvalue weighted by Gasteiger charge is 2.62. The summed E-state index contributed by atoms with van der Waals surface area (Å²) in [5, 5.41) is 11.5. The van der Waals surface area contributed by atoms with E-state index in [4.69, 9.17) is 4.74 Å². The van der Waals surface area contributed by atoms with Crippen LogP contribution in [0.5, 0.6) is 0 Å². The summed E-state index contributed by atoms with van der Waals surface area (Å²) in [5.41, 5.74) is 0.910. The standard InChI is InChI=1S/C30H52NO2/c1-20-12-14-29(3)22(18-20)19-26(32)28-24-10-9-23(30(24,4)15-13-25(28)29)21(2)8-11-27(33-5)31-16-6-7-17-31/h20-26,28,32H,6-19H2,1-5H3/q+1/t20-,21-,22+,23-,24+,25+,26-,28+,29+,30-/m1/s1. The SMILES string of the molecule is COC(CC[C@@H](C)[C@H]1CC[C@H]2[C@@H]3[C@H](O)C[C@@H]4C[C@H](C)CC[C@]4(C)[C@H]3CC[C@]12C)=[N+]1CCCC1. The molecule has 1 aliphatic heterocycles. The van der Waals surface area contributed by atoms with Crippen LogP contribution in [0.3, 0.4) is 0 Å². The maximum Gasteiger partial charge on any atom is 0.335 e. The Morgan fingerprint density at radius 3 is 2.42 bits per heavy atom. The number of aliphatic hydroxyl groups is 1. The van der Waals surface area contributed by atoms with E-state index in [-0.39, 0.29) is 6.10 Å². The average molecular weight is 459 g/mol. The van der Waals surface area contributed by atoms with Gasteiger partial charge in [-0.2, -0.15) is 0 Å². The molecular weight excluding hydrogens is 406 g/mol. The van der Waals surface area contributed by atoms with Crippen molar-refractivity contribution in [2.45, 2.75) is 111 Å². The number of ether oxygens (including phenoxy) is 1. The van der Waals surface area contributed by atoms with Gasteiger partial charge >= 0.3 is 5.90 Å². The van der Waals surface area contributed by atoms with Crippen molar-refractivity contribution in [2.24, 2.45) is 52.3 Å². The highest BCUT2D eigenvalue weighted by molar-refractivity contribution is 5.70. The molecule has 188 valence electrons. The number of methoxy groups -OCH3 is 1. The van der Waals surface area contributed by atoms with E-state index in [1.54, 1.807) is 0 Å². The van der Waals surface area contributed by atoms with Crippen LogP contribution in [0, 0.1) is 52.3 Å². The number of hydrogen-bond acceptors (Lipinski definition) is 2. The van der Waals surface area contributed by atoms with Crippen LogP contribution in [0.2, 0.25) is 0 Å². The number of fused-ring (bicyclic) bond motifs is 5. The minimum absolute atomic E-state index is 0.0550. The maximum absolute atomic E-state index is 11.5. The summed E-state index contributed by atoms with van der Waals surface area (Å²) in [6.07, 6.45) is 15.7. The van der Waals surface area contributed by atoms with Gasteiger partial charge in [0.2, 0.25) is 0 Å². The van der Waals surface area contributed by atoms with Gasteiger partial charge in [0.25, 0.3) is 0 Å². The summed E-state index contributed by atoms with van der Waals surface area (Å²) in [5.74, 6) is 6.44. The fourth-order valence-corrected chi connectivity index (χ4v) is 10.3. The number of rotatable bonds is 4. The van der Waals surface area contributed by atoms with E-state index in [9.17, 15) is 5.11 Å². The van der Waals surface area contributed by atoms with Gasteiger partial charge in [-0.3, -0.25) is 0 Å². The van der Waals surface area contributed by atoms with Crippen molar-refractivity contribution in [2.75, 3.05) is 20.2 Å². The van der Waals surface area contributed by atoms with Crippen LogP contribution in [0.4, 0.5) is 0 Å². The molecule has 5 aliphatic rings. The zero-order chi connectivity index (χ0) is 23.4. The summed E-state index contributed by atoms with van der Waals surface area (Å²) in [6.45, 7) is 12.6. The summed E-state index contributed by atoms with van der Waals surface area (Å²) >= 11 is 0. The molecule has 1 N–H and O–H groups in total. The van der Waals surface area contributed by atoms with Crippen molar-refractivity contribution < 1.29 is 14.4 Å². The van der Waals surface area contributed by atoms with Gasteiger partial charge in [0, 0.05) is 12.8 Å². The predicted molar refractivity (Wildman–Crippen MR) is 135 cm³/mol. The third kappa shape index (κ3) is 4.01. The Morgan fingerprint density at radius 1 is 1.00 bits per heavy atom. The largest absolute Gasteiger partial charge is 0.451 e. The minimum atomic E-state index is -0.0550. The Bertz CT molecular complexity index is 740. The van der Waals surface area contributed by atoms with Crippen LogP contribution in [0.1, 0.15) is 105 Å². The lowest BCUT2D eigenvalue weighted by Crippen LogP contribution is -2.58. The molecule has 1 saturated heterocycles. The Balaban J connectivity index is 1.30. The lowest BCUT2D eigenvalue weighted by atomic mass is 9.43. The molecule has 10 atom stereocenters. The number of aliphatic hydroxyl groups excluding tert-OH is 1. The zero-order valence-corrected chi connectivity index (χ0v) is 22.3. The number of nitrogens with zero attached hydrogens (tertiary/aromatic N) is 1. The van der Waals surface area contributed by atoms with Crippen LogP contribution in [0.25, 0.3) is 0 Å². The lowest BCUT2D eigenvalue weighted by molar-refractivity contribution is -0.516. The second-order valence-corrected chi connectivity index (χ2v) is 13.7. The molecule has 5 fully saturated rings. The Labute approximate surface area is 203 Å². The molecule has 5 rings (SSSR count). The first-order valence-electron chi connectivity index (χ1n) is 14.6. The van der Waals surface area contributed by atoms with Gasteiger partial charge in [-0.05, 0) is 104 Å². The summed E-state index contributed by atoms with van der Waals surface area (Å²) in [4.78, 5) is 0. The van der Waals surface area contributed by atoms with Crippen molar-refractivity contribution in [1.29, 1.82) is 0 Å². The van der Waals surface area contributed by atoms with E-state index in [1.807, 2.05) is 7.11 Å². The second-order valence-electron chi connectivity index (χ2n) is 13.7. The van der Waals surface area contributed by atoms with Crippen LogP contribution in [-0.2, 0) is 4.74 Å². The molecule has 0 amide bonds. The topological polar surface area (TPSA) is 32.5 Å². The zero-order valence-electron chi connectivity index (χ0n) is 22.3. The first-order valence-corrected chi connectivity index (χ1v) is 14.6. The second kappa shape index (κ2) is 9.14. The Kier molecular flexibility index (Phi) is 6.69. The van der Waals surface area contributed by atoms with Crippen molar-refractivity contribution >= 4 is 5.90 Å². The van der Waals surface area contributed by atoms with Crippen LogP contribution >= 0.6 is 0 Å². The van der Waals surface area contributed by atoms with Gasteiger partial charge in [-0.1, -0.05) is 34.1 Å². The molecule has 4 saturated carbocycles. The monoisotopic (exact) mass is 458 g/mol. The molecule has 3 heteroatoms. The molecule has 0 spiro atoms. The van der Waals surface area contributed by atoms with Crippen molar-refractivity contribution in [3.05, 3.63) is 0 Å². The molecule has 3 nitrogen and oxygen atoms in total. The smallest absolute Gasteiger partial charge is 0.335 e. The molecule has 0 bridgehead atoms. The van der Waals surface area contributed by atoms with E-state index >= 15 is 0 Å². The Morgan fingerprint density at radius 2 is 1.70 bits per heavy atom. The van der Waals surface area contributed by atoms with E-state index in [1.165, 1.54) is 83.2 Å². The minimum Gasteiger partial charge on any atom is -0.451 e. The molecule has 1 heterocycles. The van der Waals surface area contributed by atoms with Gasteiger partial charge in [-0.15, -0.1) is 0 Å². The van der Waals surface area contributed by atoms with Gasteiger partial charge in [0.15, 0.2) is 0 Å². The fourth-order valence-electron chi connectivity index (χ4n) is 10.3. The van der Waals surface area contributed by atoms with Gasteiger partial charge in [0.1, 0.15) is 13.1 Å². The average Bonchev–Trinajstić information content (AvgIpc) is 3.43. The first-order chi connectivity index (χ1) is 15.8. The highest BCUT2D eigenvalue weighted by atomic mass is 16.5.